The lowest BCUT2D eigenvalue weighted by atomic mass is 9.84. The largest absolute Gasteiger partial charge is 0.508 e. The third kappa shape index (κ3) is 4.10. The number of aliphatic hydroxyl groups is 1. The van der Waals surface area contributed by atoms with Gasteiger partial charge in [0.15, 0.2) is 0 Å². The Kier molecular flexibility index (Phi) is 5.82. The van der Waals surface area contributed by atoms with Crippen LogP contribution in [0.3, 0.4) is 0 Å². The predicted molar refractivity (Wildman–Crippen MR) is 134 cm³/mol. The number of anilines is 1. The van der Waals surface area contributed by atoms with Gasteiger partial charge in [-0.25, -0.2) is 0 Å². The van der Waals surface area contributed by atoms with E-state index in [1.807, 2.05) is 44.2 Å². The van der Waals surface area contributed by atoms with Gasteiger partial charge in [0, 0.05) is 11.3 Å². The number of aromatic hydroxyl groups is 1. The molecule has 174 valence electrons. The Balaban J connectivity index is 1.98. The van der Waals surface area contributed by atoms with Crippen LogP contribution in [0.5, 0.6) is 5.75 Å². The third-order valence-corrected chi connectivity index (χ3v) is 6.30. The quantitative estimate of drug-likeness (QED) is 0.291. The first kappa shape index (κ1) is 23.3. The molecule has 5 nitrogen and oxygen atoms in total. The first-order valence-corrected chi connectivity index (χ1v) is 11.3. The van der Waals surface area contributed by atoms with Gasteiger partial charge in [0.2, 0.25) is 0 Å². The summed E-state index contributed by atoms with van der Waals surface area (Å²) in [5, 5.41) is 21.7. The highest BCUT2D eigenvalue weighted by Gasteiger charge is 2.47. The van der Waals surface area contributed by atoms with Crippen molar-refractivity contribution in [1.29, 1.82) is 0 Å². The second kappa shape index (κ2) is 8.49. The number of carbonyl (C=O) groups excluding carboxylic acids is 2. The van der Waals surface area contributed by atoms with Crippen LogP contribution in [-0.2, 0) is 15.0 Å². The number of ketones is 1. The summed E-state index contributed by atoms with van der Waals surface area (Å²) in [6.07, 6.45) is 0. The Morgan fingerprint density at radius 1 is 0.912 bits per heavy atom. The first-order chi connectivity index (χ1) is 16.0. The summed E-state index contributed by atoms with van der Waals surface area (Å²) in [4.78, 5) is 28.0. The van der Waals surface area contributed by atoms with E-state index in [4.69, 9.17) is 0 Å². The van der Waals surface area contributed by atoms with E-state index in [-0.39, 0.29) is 22.5 Å². The van der Waals surface area contributed by atoms with Crippen LogP contribution in [0.1, 0.15) is 54.6 Å². The van der Waals surface area contributed by atoms with Crippen LogP contribution >= 0.6 is 0 Å². The zero-order valence-corrected chi connectivity index (χ0v) is 20.1. The highest BCUT2D eigenvalue weighted by Crippen LogP contribution is 2.43. The van der Waals surface area contributed by atoms with E-state index in [0.717, 1.165) is 16.7 Å². The number of Topliss-reactive ketones (excluding diaryl/α,β-unsaturated/α-hetero) is 1. The molecule has 4 rings (SSSR count). The lowest BCUT2D eigenvalue weighted by Crippen LogP contribution is -2.29. The number of hydrogen-bond acceptors (Lipinski definition) is 4. The molecule has 1 aliphatic rings. The average molecular weight is 456 g/mol. The maximum absolute atomic E-state index is 13.4. The molecular weight excluding hydrogens is 426 g/mol. The van der Waals surface area contributed by atoms with Crippen LogP contribution in [-0.4, -0.2) is 21.9 Å². The third-order valence-electron chi connectivity index (χ3n) is 6.30. The molecule has 0 aliphatic carbocycles. The maximum Gasteiger partial charge on any atom is 0.300 e. The number of aliphatic hydroxyl groups excluding tert-OH is 1. The van der Waals surface area contributed by atoms with E-state index in [1.54, 1.807) is 24.3 Å². The molecule has 3 aromatic carbocycles. The van der Waals surface area contributed by atoms with Crippen molar-refractivity contribution >= 4 is 23.1 Å². The molecule has 1 saturated heterocycles. The molecule has 0 saturated carbocycles. The molecule has 0 radical (unpaired) electrons. The van der Waals surface area contributed by atoms with E-state index >= 15 is 0 Å². The molecule has 2 N–H and O–H groups in total. The Morgan fingerprint density at radius 3 is 2.21 bits per heavy atom. The van der Waals surface area contributed by atoms with Crippen LogP contribution in [0.15, 0.2) is 72.3 Å². The van der Waals surface area contributed by atoms with Crippen LogP contribution < -0.4 is 4.90 Å². The van der Waals surface area contributed by atoms with Gasteiger partial charge in [-0.05, 0) is 66.3 Å². The van der Waals surface area contributed by atoms with Crippen molar-refractivity contribution in [3.05, 3.63) is 100 Å². The molecular formula is C29H29NO4. The van der Waals surface area contributed by atoms with Crippen LogP contribution in [0.25, 0.3) is 5.76 Å². The first-order valence-electron chi connectivity index (χ1n) is 11.3. The molecule has 0 bridgehead atoms. The summed E-state index contributed by atoms with van der Waals surface area (Å²) in [7, 11) is 0. The number of benzene rings is 3. The van der Waals surface area contributed by atoms with Gasteiger partial charge in [0.25, 0.3) is 11.7 Å². The topological polar surface area (TPSA) is 77.8 Å². The van der Waals surface area contributed by atoms with Crippen molar-refractivity contribution < 1.29 is 19.8 Å². The summed E-state index contributed by atoms with van der Waals surface area (Å²) in [6, 6.07) is 18.6. The molecule has 0 aromatic heterocycles. The smallest absolute Gasteiger partial charge is 0.300 e. The van der Waals surface area contributed by atoms with Gasteiger partial charge in [-0.3, -0.25) is 14.5 Å². The van der Waals surface area contributed by atoms with Gasteiger partial charge in [0.05, 0.1) is 11.6 Å². The lowest BCUT2D eigenvalue weighted by Gasteiger charge is -2.26. The van der Waals surface area contributed by atoms with Crippen molar-refractivity contribution in [2.45, 2.75) is 46.1 Å². The van der Waals surface area contributed by atoms with E-state index in [2.05, 4.69) is 20.8 Å². The summed E-state index contributed by atoms with van der Waals surface area (Å²) in [5.74, 6) is -1.68. The van der Waals surface area contributed by atoms with E-state index in [9.17, 15) is 19.8 Å². The molecule has 3 aromatic rings. The lowest BCUT2D eigenvalue weighted by molar-refractivity contribution is -0.132. The zero-order chi connectivity index (χ0) is 24.8. The predicted octanol–water partition coefficient (Wildman–Crippen LogP) is 5.93. The minimum Gasteiger partial charge on any atom is -0.508 e. The van der Waals surface area contributed by atoms with Gasteiger partial charge < -0.3 is 10.2 Å². The molecule has 0 spiro atoms. The fourth-order valence-corrected chi connectivity index (χ4v) is 4.30. The van der Waals surface area contributed by atoms with E-state index in [0.29, 0.717) is 16.8 Å². The molecule has 34 heavy (non-hydrogen) atoms. The fraction of sp³-hybridized carbons (Fsp3) is 0.241. The highest BCUT2D eigenvalue weighted by molar-refractivity contribution is 6.51. The summed E-state index contributed by atoms with van der Waals surface area (Å²) < 4.78 is 0. The minimum absolute atomic E-state index is 0.00494. The number of carbonyl (C=O) groups is 2. The molecule has 5 heteroatoms. The molecule has 1 aliphatic heterocycles. The Bertz CT molecular complexity index is 1310. The number of aryl methyl sites for hydroxylation is 2. The van der Waals surface area contributed by atoms with Gasteiger partial charge in [-0.1, -0.05) is 62.7 Å². The summed E-state index contributed by atoms with van der Waals surface area (Å²) >= 11 is 0. The molecule has 1 heterocycles. The van der Waals surface area contributed by atoms with Gasteiger partial charge in [0.1, 0.15) is 11.5 Å². The minimum atomic E-state index is -0.882. The second-order valence-electron chi connectivity index (χ2n) is 9.88. The number of phenolic OH excluding ortho intramolecular Hbond substituents is 1. The van der Waals surface area contributed by atoms with E-state index in [1.165, 1.54) is 17.0 Å². The standard InChI is InChI=1S/C29H29NO4/c1-17-9-13-21(14-10-17)30-25(19-7-6-8-22(31)15-19)24(27(33)28(30)34)26(32)23-16-20(29(3,4)5)12-11-18(23)2/h6-16,25,31-32H,1-5H3/b26-24+. The average Bonchev–Trinajstić information content (AvgIpc) is 3.04. The van der Waals surface area contributed by atoms with Crippen molar-refractivity contribution in [1.82, 2.24) is 0 Å². The molecule has 1 atom stereocenters. The number of amides is 1. The molecule has 1 unspecified atom stereocenters. The Hall–Kier alpha value is -3.86. The highest BCUT2D eigenvalue weighted by atomic mass is 16.3. The normalized spacial score (nSPS) is 17.9. The van der Waals surface area contributed by atoms with Crippen LogP contribution in [0.2, 0.25) is 0 Å². The zero-order valence-electron chi connectivity index (χ0n) is 20.1. The SMILES string of the molecule is Cc1ccc(N2C(=O)C(=O)/C(=C(/O)c3cc(C(C)(C)C)ccc3C)C2c2cccc(O)c2)cc1. The molecule has 1 amide bonds. The van der Waals surface area contributed by atoms with Crippen molar-refractivity contribution in [3.63, 3.8) is 0 Å². The van der Waals surface area contributed by atoms with Crippen molar-refractivity contribution in [3.8, 4) is 5.75 Å². The van der Waals surface area contributed by atoms with Gasteiger partial charge in [-0.15, -0.1) is 0 Å². The monoisotopic (exact) mass is 455 g/mol. The summed E-state index contributed by atoms with van der Waals surface area (Å²) in [5.41, 5.74) is 4.24. The van der Waals surface area contributed by atoms with Gasteiger partial charge >= 0.3 is 0 Å². The van der Waals surface area contributed by atoms with Crippen LogP contribution in [0.4, 0.5) is 5.69 Å². The Morgan fingerprint density at radius 2 is 1.59 bits per heavy atom. The summed E-state index contributed by atoms with van der Waals surface area (Å²) in [6.45, 7) is 10.0. The fourth-order valence-electron chi connectivity index (χ4n) is 4.30. The van der Waals surface area contributed by atoms with E-state index < -0.39 is 17.7 Å². The van der Waals surface area contributed by atoms with Crippen molar-refractivity contribution in [2.24, 2.45) is 0 Å². The number of hydrogen-bond donors (Lipinski definition) is 2. The van der Waals surface area contributed by atoms with Gasteiger partial charge in [-0.2, -0.15) is 0 Å². The number of rotatable bonds is 3. The number of nitrogens with zero attached hydrogens (tertiary/aromatic N) is 1. The maximum atomic E-state index is 13.4. The Labute approximate surface area is 200 Å². The second-order valence-corrected chi connectivity index (χ2v) is 9.88. The van der Waals surface area contributed by atoms with Crippen LogP contribution in [0, 0.1) is 13.8 Å². The van der Waals surface area contributed by atoms with Crippen molar-refractivity contribution in [2.75, 3.05) is 4.90 Å². The molecule has 1 fully saturated rings. The number of phenols is 1.